The Morgan fingerprint density at radius 3 is 2.77 bits per heavy atom. The minimum atomic E-state index is -0.674. The molecule has 0 saturated carbocycles. The van der Waals surface area contributed by atoms with E-state index >= 15 is 4.39 Å². The van der Waals surface area contributed by atoms with Gasteiger partial charge in [0, 0.05) is 41.0 Å². The normalized spacial score (nSPS) is 21.3. The molecule has 2 amide bonds. The van der Waals surface area contributed by atoms with E-state index in [1.807, 2.05) is 49.9 Å². The average molecular weight is 604 g/mol. The number of amides is 2. The lowest BCUT2D eigenvalue weighted by molar-refractivity contribution is -0.131. The lowest BCUT2D eigenvalue weighted by atomic mass is 9.93. The van der Waals surface area contributed by atoms with Crippen molar-refractivity contribution in [1.29, 1.82) is 0 Å². The Morgan fingerprint density at radius 2 is 2.02 bits per heavy atom. The van der Waals surface area contributed by atoms with Gasteiger partial charge in [0.05, 0.1) is 35.5 Å². The second kappa shape index (κ2) is 9.92. The standard InChI is InChI=1S/C31H31ClFN7O3/c1-6-23(41)38-14-22-31(42)40-13-17(12-37(4)5)43-30-29(40)28(39(22)11-16(38)3)18-9-20(32)25(26(33)27(18)35-30)24-15(2)7-8-21-19(24)10-34-36-21/h6-10,16-17,22H,1,11-14H2,2-5H3,(H,34,36)/t16-,17-,22-/m1/s1. The molecule has 1 N–H and O–H groups in total. The van der Waals surface area contributed by atoms with E-state index in [1.54, 1.807) is 22.1 Å². The van der Waals surface area contributed by atoms with E-state index in [1.165, 1.54) is 6.08 Å². The summed E-state index contributed by atoms with van der Waals surface area (Å²) in [6, 6.07) is 4.63. The number of hydrogen-bond donors (Lipinski definition) is 1. The summed E-state index contributed by atoms with van der Waals surface area (Å²) < 4.78 is 23.3. The van der Waals surface area contributed by atoms with E-state index in [4.69, 9.17) is 21.3 Å². The molecule has 3 aliphatic heterocycles. The lowest BCUT2D eigenvalue weighted by Crippen LogP contribution is -2.67. The highest BCUT2D eigenvalue weighted by atomic mass is 35.5. The molecule has 1 saturated heterocycles. The zero-order valence-corrected chi connectivity index (χ0v) is 25.1. The molecule has 0 spiro atoms. The zero-order chi connectivity index (χ0) is 30.3. The number of hydrogen-bond acceptors (Lipinski definition) is 7. The number of likely N-dealkylation sites (N-methyl/N-ethyl adjacent to an activating group) is 1. The monoisotopic (exact) mass is 603 g/mol. The van der Waals surface area contributed by atoms with Gasteiger partial charge in [-0.1, -0.05) is 24.2 Å². The van der Waals surface area contributed by atoms with Crippen molar-refractivity contribution in [3.63, 3.8) is 0 Å². The third-order valence-electron chi connectivity index (χ3n) is 8.71. The van der Waals surface area contributed by atoms with Gasteiger partial charge in [0.25, 0.3) is 5.91 Å². The highest BCUT2D eigenvalue weighted by molar-refractivity contribution is 6.35. The molecule has 0 unspecified atom stereocenters. The second-order valence-electron chi connectivity index (χ2n) is 11.8. The van der Waals surface area contributed by atoms with E-state index in [0.717, 1.165) is 16.5 Å². The van der Waals surface area contributed by atoms with E-state index in [0.29, 0.717) is 42.0 Å². The van der Waals surface area contributed by atoms with E-state index in [9.17, 15) is 9.59 Å². The number of H-pyrrole nitrogens is 1. The van der Waals surface area contributed by atoms with Crippen molar-refractivity contribution < 1.29 is 18.7 Å². The van der Waals surface area contributed by atoms with Crippen LogP contribution in [0, 0.1) is 12.7 Å². The summed E-state index contributed by atoms with van der Waals surface area (Å²) in [5.74, 6) is -0.762. The summed E-state index contributed by atoms with van der Waals surface area (Å²) >= 11 is 6.95. The Balaban J connectivity index is 1.49. The molecule has 0 radical (unpaired) electrons. The number of aryl methyl sites for hydroxylation is 1. The first-order valence-corrected chi connectivity index (χ1v) is 14.6. The number of nitrogens with zero attached hydrogens (tertiary/aromatic N) is 6. The number of carbonyl (C=O) groups is 2. The van der Waals surface area contributed by atoms with Gasteiger partial charge in [0.15, 0.2) is 5.82 Å². The van der Waals surface area contributed by atoms with Crippen molar-refractivity contribution in [2.75, 3.05) is 50.1 Å². The number of aromatic nitrogens is 3. The Kier molecular flexibility index (Phi) is 6.37. The van der Waals surface area contributed by atoms with E-state index in [-0.39, 0.29) is 52.5 Å². The Labute approximate surface area is 252 Å². The van der Waals surface area contributed by atoms with Crippen molar-refractivity contribution in [3.05, 3.63) is 53.5 Å². The summed E-state index contributed by atoms with van der Waals surface area (Å²) in [4.78, 5) is 38.9. The first kappa shape index (κ1) is 27.6. The number of aromatic amines is 1. The SMILES string of the molecule is C=CC(=O)N1C[C@@H]2C(=O)N3C[C@@H](CN(C)C)Oc4nc5c(F)c(-c6c(C)ccc7[nH]ncc67)c(Cl)cc5c(c43)N2C[C@H]1C. The molecule has 222 valence electrons. The minimum absolute atomic E-state index is 0.101. The van der Waals surface area contributed by atoms with Gasteiger partial charge in [-0.15, -0.1) is 0 Å². The fourth-order valence-electron chi connectivity index (χ4n) is 6.82. The third-order valence-corrected chi connectivity index (χ3v) is 9.01. The lowest BCUT2D eigenvalue weighted by Gasteiger charge is -2.52. The highest BCUT2D eigenvalue weighted by Gasteiger charge is 2.49. The van der Waals surface area contributed by atoms with E-state index in [2.05, 4.69) is 16.8 Å². The Hall–Kier alpha value is -4.22. The topological polar surface area (TPSA) is 97.9 Å². The first-order chi connectivity index (χ1) is 20.6. The van der Waals surface area contributed by atoms with Crippen LogP contribution >= 0.6 is 11.6 Å². The third kappa shape index (κ3) is 4.09. The summed E-state index contributed by atoms with van der Waals surface area (Å²) in [7, 11) is 3.85. The molecule has 2 aromatic carbocycles. The van der Waals surface area contributed by atoms with Crippen LogP contribution in [0.25, 0.3) is 32.9 Å². The van der Waals surface area contributed by atoms with Crippen LogP contribution in [0.15, 0.2) is 37.1 Å². The first-order valence-electron chi connectivity index (χ1n) is 14.2. The maximum atomic E-state index is 16.9. The van der Waals surface area contributed by atoms with Gasteiger partial charge in [0.2, 0.25) is 11.8 Å². The van der Waals surface area contributed by atoms with Gasteiger partial charge in [-0.3, -0.25) is 14.7 Å². The largest absolute Gasteiger partial charge is 0.470 e. The number of nitrogens with one attached hydrogen (secondary N) is 1. The van der Waals surface area contributed by atoms with Crippen LogP contribution in [-0.2, 0) is 9.59 Å². The van der Waals surface area contributed by atoms with Gasteiger partial charge >= 0.3 is 0 Å². The Morgan fingerprint density at radius 1 is 1.23 bits per heavy atom. The van der Waals surface area contributed by atoms with Gasteiger partial charge in [-0.2, -0.15) is 5.10 Å². The molecule has 10 nitrogen and oxygen atoms in total. The van der Waals surface area contributed by atoms with Crippen LogP contribution in [0.1, 0.15) is 12.5 Å². The summed E-state index contributed by atoms with van der Waals surface area (Å²) in [5.41, 5.74) is 3.71. The predicted molar refractivity (Wildman–Crippen MR) is 164 cm³/mol. The van der Waals surface area contributed by atoms with Crippen molar-refractivity contribution in [2.24, 2.45) is 0 Å². The maximum absolute atomic E-state index is 16.9. The molecule has 5 heterocycles. The quantitative estimate of drug-likeness (QED) is 0.350. The molecule has 2 aromatic heterocycles. The van der Waals surface area contributed by atoms with Crippen LogP contribution in [0.5, 0.6) is 5.88 Å². The molecular weight excluding hydrogens is 573 g/mol. The average Bonchev–Trinajstić information content (AvgIpc) is 3.44. The van der Waals surface area contributed by atoms with Crippen LogP contribution in [0.3, 0.4) is 0 Å². The van der Waals surface area contributed by atoms with Crippen LogP contribution < -0.4 is 14.5 Å². The minimum Gasteiger partial charge on any atom is -0.470 e. The molecular formula is C31H31ClFN7O3. The molecule has 3 atom stereocenters. The van der Waals surface area contributed by atoms with Crippen LogP contribution in [0.2, 0.25) is 5.02 Å². The summed E-state index contributed by atoms with van der Waals surface area (Å²) in [6.07, 6.45) is 2.54. The van der Waals surface area contributed by atoms with Crippen molar-refractivity contribution in [2.45, 2.75) is 32.0 Å². The van der Waals surface area contributed by atoms with Gasteiger partial charge in [-0.05, 0) is 51.7 Å². The summed E-state index contributed by atoms with van der Waals surface area (Å²) in [6.45, 7) is 8.83. The number of ether oxygens (including phenoxy) is 1. The molecule has 43 heavy (non-hydrogen) atoms. The number of fused-ring (bicyclic) bond motifs is 5. The molecule has 12 heteroatoms. The number of piperazine rings is 1. The number of halogens is 2. The van der Waals surface area contributed by atoms with Gasteiger partial charge < -0.3 is 24.3 Å². The van der Waals surface area contributed by atoms with Crippen LogP contribution in [-0.4, -0.2) is 95.3 Å². The van der Waals surface area contributed by atoms with Gasteiger partial charge in [0.1, 0.15) is 23.3 Å². The highest BCUT2D eigenvalue weighted by Crippen LogP contribution is 2.52. The Bertz CT molecular complexity index is 1860. The second-order valence-corrected chi connectivity index (χ2v) is 12.2. The molecule has 1 fully saturated rings. The maximum Gasteiger partial charge on any atom is 0.251 e. The fourth-order valence-corrected chi connectivity index (χ4v) is 7.10. The predicted octanol–water partition coefficient (Wildman–Crippen LogP) is 4.14. The number of carbonyl (C=O) groups excluding carboxylic acids is 2. The van der Waals surface area contributed by atoms with Gasteiger partial charge in [-0.25, -0.2) is 9.37 Å². The van der Waals surface area contributed by atoms with Crippen molar-refractivity contribution >= 4 is 56.6 Å². The molecule has 7 rings (SSSR count). The molecule has 0 bridgehead atoms. The van der Waals surface area contributed by atoms with Crippen molar-refractivity contribution in [1.82, 2.24) is 25.0 Å². The number of anilines is 2. The molecule has 4 aromatic rings. The summed E-state index contributed by atoms with van der Waals surface area (Å²) in [5, 5.41) is 8.55. The molecule has 0 aliphatic carbocycles. The zero-order valence-electron chi connectivity index (χ0n) is 24.3. The number of pyridine rings is 1. The smallest absolute Gasteiger partial charge is 0.251 e. The van der Waals surface area contributed by atoms with Crippen LogP contribution in [0.4, 0.5) is 15.8 Å². The number of benzene rings is 2. The number of rotatable bonds is 4. The van der Waals surface area contributed by atoms with Crippen molar-refractivity contribution in [3.8, 4) is 17.0 Å². The van der Waals surface area contributed by atoms with E-state index < -0.39 is 11.9 Å². The molecule has 3 aliphatic rings. The fraction of sp³-hybridized carbons (Fsp3) is 0.355.